The predicted molar refractivity (Wildman–Crippen MR) is 113 cm³/mol. The van der Waals surface area contributed by atoms with Crippen molar-refractivity contribution in [3.05, 3.63) is 83.1 Å². The maximum Gasteiger partial charge on any atom is 0.323 e. The van der Waals surface area contributed by atoms with Crippen LogP contribution in [0.15, 0.2) is 66.7 Å². The molecular formula is C22H17ClFN3O. The van der Waals surface area contributed by atoms with Crippen molar-refractivity contribution in [3.63, 3.8) is 0 Å². The molecule has 4 nitrogen and oxygen atoms in total. The fourth-order valence-corrected chi connectivity index (χ4v) is 3.38. The van der Waals surface area contributed by atoms with Gasteiger partial charge in [0.15, 0.2) is 0 Å². The number of anilines is 2. The van der Waals surface area contributed by atoms with Crippen molar-refractivity contribution in [2.75, 3.05) is 10.6 Å². The van der Waals surface area contributed by atoms with E-state index < -0.39 is 6.03 Å². The van der Waals surface area contributed by atoms with Crippen molar-refractivity contribution < 1.29 is 9.18 Å². The van der Waals surface area contributed by atoms with Gasteiger partial charge < -0.3 is 15.6 Å². The van der Waals surface area contributed by atoms with Crippen molar-refractivity contribution >= 4 is 39.9 Å². The van der Waals surface area contributed by atoms with Crippen molar-refractivity contribution in [3.8, 4) is 11.3 Å². The van der Waals surface area contributed by atoms with Gasteiger partial charge in [0.2, 0.25) is 0 Å². The first-order valence-corrected chi connectivity index (χ1v) is 9.10. The highest BCUT2D eigenvalue weighted by molar-refractivity contribution is 6.34. The normalized spacial score (nSPS) is 10.8. The Bertz CT molecular complexity index is 1170. The number of hydrogen-bond donors (Lipinski definition) is 3. The molecule has 0 unspecified atom stereocenters. The number of nitrogens with one attached hydrogen (secondary N) is 3. The molecule has 1 aromatic heterocycles. The lowest BCUT2D eigenvalue weighted by molar-refractivity contribution is 0.262. The number of benzene rings is 3. The molecule has 2 amide bonds. The lowest BCUT2D eigenvalue weighted by atomic mass is 10.1. The Labute approximate surface area is 166 Å². The van der Waals surface area contributed by atoms with Gasteiger partial charge in [0.1, 0.15) is 5.82 Å². The summed E-state index contributed by atoms with van der Waals surface area (Å²) in [5.41, 5.74) is 4.47. The van der Waals surface area contributed by atoms with Crippen LogP contribution in [-0.4, -0.2) is 11.0 Å². The number of aryl methyl sites for hydroxylation is 1. The zero-order valence-electron chi connectivity index (χ0n) is 15.0. The SMILES string of the molecule is Cc1ccc(NC(=O)Nc2c(-c3ccc(F)cc3)[nH]c3ccccc23)c(Cl)c1. The van der Waals surface area contributed by atoms with Gasteiger partial charge in [0.05, 0.1) is 22.1 Å². The molecule has 4 rings (SSSR count). The second-order valence-corrected chi connectivity index (χ2v) is 6.90. The van der Waals surface area contributed by atoms with Gasteiger partial charge in [-0.05, 0) is 55.0 Å². The zero-order chi connectivity index (χ0) is 19.7. The number of carbonyl (C=O) groups is 1. The number of aromatic amines is 1. The highest BCUT2D eigenvalue weighted by Crippen LogP contribution is 2.35. The van der Waals surface area contributed by atoms with E-state index in [1.54, 1.807) is 24.3 Å². The third-order valence-corrected chi connectivity index (χ3v) is 4.76. The Morgan fingerprint density at radius 2 is 1.75 bits per heavy atom. The van der Waals surface area contributed by atoms with E-state index >= 15 is 0 Å². The molecular weight excluding hydrogens is 377 g/mol. The standard InChI is InChI=1S/C22H17ClFN3O/c1-13-6-11-19(17(23)12-13)26-22(28)27-21-16-4-2-3-5-18(16)25-20(21)14-7-9-15(24)10-8-14/h2-12,25H,1H3,(H2,26,27,28). The number of amides is 2. The van der Waals surface area contributed by atoms with Gasteiger partial charge in [-0.15, -0.1) is 0 Å². The summed E-state index contributed by atoms with van der Waals surface area (Å²) >= 11 is 6.21. The molecule has 0 aliphatic carbocycles. The summed E-state index contributed by atoms with van der Waals surface area (Å²) in [4.78, 5) is 15.9. The van der Waals surface area contributed by atoms with Crippen LogP contribution < -0.4 is 10.6 Å². The van der Waals surface area contributed by atoms with E-state index in [0.29, 0.717) is 22.1 Å². The average molecular weight is 394 g/mol. The van der Waals surface area contributed by atoms with Crippen LogP contribution >= 0.6 is 11.6 Å². The van der Waals surface area contributed by atoms with E-state index in [0.717, 1.165) is 22.0 Å². The minimum absolute atomic E-state index is 0.318. The van der Waals surface area contributed by atoms with Crippen LogP contribution in [0.3, 0.4) is 0 Å². The van der Waals surface area contributed by atoms with E-state index in [-0.39, 0.29) is 5.82 Å². The minimum atomic E-state index is -0.418. The largest absolute Gasteiger partial charge is 0.353 e. The molecule has 0 saturated carbocycles. The molecule has 1 heterocycles. The van der Waals surface area contributed by atoms with Crippen molar-refractivity contribution in [2.24, 2.45) is 0 Å². The number of fused-ring (bicyclic) bond motifs is 1. The van der Waals surface area contributed by atoms with Gasteiger partial charge in [-0.1, -0.05) is 35.9 Å². The molecule has 140 valence electrons. The number of hydrogen-bond acceptors (Lipinski definition) is 1. The monoisotopic (exact) mass is 393 g/mol. The summed E-state index contributed by atoms with van der Waals surface area (Å²) in [6, 6.07) is 18.7. The summed E-state index contributed by atoms with van der Waals surface area (Å²) in [7, 11) is 0. The maximum absolute atomic E-state index is 13.3. The first-order chi connectivity index (χ1) is 13.5. The summed E-state index contributed by atoms with van der Waals surface area (Å²) < 4.78 is 13.3. The Hall–Kier alpha value is -3.31. The topological polar surface area (TPSA) is 56.9 Å². The molecule has 0 saturated heterocycles. The summed E-state index contributed by atoms with van der Waals surface area (Å²) in [6.07, 6.45) is 0. The number of para-hydroxylation sites is 1. The molecule has 0 atom stereocenters. The van der Waals surface area contributed by atoms with E-state index in [1.807, 2.05) is 37.3 Å². The smallest absolute Gasteiger partial charge is 0.323 e. The van der Waals surface area contributed by atoms with Gasteiger partial charge in [-0.25, -0.2) is 9.18 Å². The predicted octanol–water partition coefficient (Wildman–Crippen LogP) is 6.58. The van der Waals surface area contributed by atoms with Gasteiger partial charge in [0.25, 0.3) is 0 Å². The Morgan fingerprint density at radius 1 is 1.00 bits per heavy atom. The van der Waals surface area contributed by atoms with Gasteiger partial charge in [-0.2, -0.15) is 0 Å². The number of rotatable bonds is 3. The first-order valence-electron chi connectivity index (χ1n) is 8.72. The molecule has 0 bridgehead atoms. The van der Waals surface area contributed by atoms with E-state index in [2.05, 4.69) is 15.6 Å². The van der Waals surface area contributed by atoms with Crippen LogP contribution in [0.4, 0.5) is 20.6 Å². The fourth-order valence-electron chi connectivity index (χ4n) is 3.09. The molecule has 0 radical (unpaired) electrons. The van der Waals surface area contributed by atoms with Crippen LogP contribution in [-0.2, 0) is 0 Å². The van der Waals surface area contributed by atoms with E-state index in [1.165, 1.54) is 12.1 Å². The second-order valence-electron chi connectivity index (χ2n) is 6.49. The maximum atomic E-state index is 13.3. The minimum Gasteiger partial charge on any atom is -0.353 e. The molecule has 0 spiro atoms. The number of aromatic nitrogens is 1. The molecule has 6 heteroatoms. The van der Waals surface area contributed by atoms with Crippen LogP contribution in [0.2, 0.25) is 5.02 Å². The molecule has 28 heavy (non-hydrogen) atoms. The lowest BCUT2D eigenvalue weighted by Gasteiger charge is -2.11. The molecule has 0 aliphatic rings. The molecule has 3 aromatic carbocycles. The van der Waals surface area contributed by atoms with E-state index in [9.17, 15) is 9.18 Å². The quantitative estimate of drug-likeness (QED) is 0.361. The molecule has 0 fully saturated rings. The summed E-state index contributed by atoms with van der Waals surface area (Å²) in [6.45, 7) is 1.93. The Kier molecular flexibility index (Phi) is 4.75. The van der Waals surface area contributed by atoms with E-state index in [4.69, 9.17) is 11.6 Å². The number of urea groups is 1. The highest BCUT2D eigenvalue weighted by Gasteiger charge is 2.16. The number of carbonyl (C=O) groups excluding carboxylic acids is 1. The number of H-pyrrole nitrogens is 1. The van der Waals surface area contributed by atoms with Gasteiger partial charge in [0, 0.05) is 16.5 Å². The average Bonchev–Trinajstić information content (AvgIpc) is 3.03. The summed E-state index contributed by atoms with van der Waals surface area (Å²) in [5.74, 6) is -0.318. The molecule has 0 aliphatic heterocycles. The van der Waals surface area contributed by atoms with Crippen molar-refractivity contribution in [2.45, 2.75) is 6.92 Å². The van der Waals surface area contributed by atoms with Gasteiger partial charge >= 0.3 is 6.03 Å². The lowest BCUT2D eigenvalue weighted by Crippen LogP contribution is -2.20. The fraction of sp³-hybridized carbons (Fsp3) is 0.0455. The highest BCUT2D eigenvalue weighted by atomic mass is 35.5. The third kappa shape index (κ3) is 3.57. The zero-order valence-corrected chi connectivity index (χ0v) is 15.8. The molecule has 3 N–H and O–H groups in total. The van der Waals surface area contributed by atoms with Crippen LogP contribution in [0.5, 0.6) is 0 Å². The molecule has 4 aromatic rings. The van der Waals surface area contributed by atoms with Crippen LogP contribution in [0.1, 0.15) is 5.56 Å². The van der Waals surface area contributed by atoms with Crippen LogP contribution in [0, 0.1) is 12.7 Å². The van der Waals surface area contributed by atoms with Gasteiger partial charge in [-0.3, -0.25) is 0 Å². The first kappa shape index (κ1) is 18.1. The Morgan fingerprint density at radius 3 is 2.50 bits per heavy atom. The number of halogens is 2. The Balaban J connectivity index is 1.70. The summed E-state index contributed by atoms with van der Waals surface area (Å²) in [5, 5.41) is 6.99. The third-order valence-electron chi connectivity index (χ3n) is 4.45. The van der Waals surface area contributed by atoms with Crippen LogP contribution in [0.25, 0.3) is 22.2 Å². The van der Waals surface area contributed by atoms with Crippen molar-refractivity contribution in [1.29, 1.82) is 0 Å². The second kappa shape index (κ2) is 7.37. The van der Waals surface area contributed by atoms with Crippen molar-refractivity contribution in [1.82, 2.24) is 4.98 Å².